The summed E-state index contributed by atoms with van der Waals surface area (Å²) in [5, 5.41) is 9.13. The molecule has 49 heavy (non-hydrogen) atoms. The first-order valence-corrected chi connectivity index (χ1v) is 16.5. The van der Waals surface area contributed by atoms with Crippen molar-refractivity contribution in [2.45, 2.75) is 0 Å². The maximum Gasteiger partial charge on any atom is 0.266 e. The van der Waals surface area contributed by atoms with Crippen molar-refractivity contribution >= 4 is 81.4 Å². The molecular weight excluding hydrogens is 603 g/mol. The molecule has 228 valence electrons. The Morgan fingerprint density at radius 3 is 1.22 bits per heavy atom. The van der Waals surface area contributed by atoms with E-state index in [1.807, 2.05) is 48.5 Å². The van der Waals surface area contributed by atoms with Crippen molar-refractivity contribution in [3.8, 4) is 11.4 Å². The third-order valence-corrected chi connectivity index (χ3v) is 10.4. The lowest BCUT2D eigenvalue weighted by Crippen LogP contribution is -2.27. The minimum Gasteiger partial charge on any atom is -0.307 e. The van der Waals surface area contributed by atoms with Crippen molar-refractivity contribution in [3.63, 3.8) is 0 Å². The van der Waals surface area contributed by atoms with Gasteiger partial charge in [0.2, 0.25) is 0 Å². The molecule has 0 spiro atoms. The molecule has 0 amide bonds. The highest BCUT2D eigenvalue weighted by molar-refractivity contribution is 6.25. The van der Waals surface area contributed by atoms with E-state index in [0.717, 1.165) is 65.8 Å². The molecule has 0 aliphatic carbocycles. The van der Waals surface area contributed by atoms with Gasteiger partial charge in [-0.1, -0.05) is 103 Å². The fraction of sp³-hybridized carbons (Fsp3) is 0. The molecule has 0 saturated carbocycles. The lowest BCUT2D eigenvalue weighted by molar-refractivity contribution is 1.09. The Labute approximate surface area is 278 Å². The summed E-state index contributed by atoms with van der Waals surface area (Å²) in [4.78, 5) is 28.0. The number of benzene rings is 7. The van der Waals surface area contributed by atoms with Crippen molar-refractivity contribution in [3.05, 3.63) is 172 Å². The second-order valence-corrected chi connectivity index (χ2v) is 12.8. The minimum absolute atomic E-state index is 0.289. The van der Waals surface area contributed by atoms with Crippen molar-refractivity contribution < 1.29 is 0 Å². The topological polar surface area (TPSA) is 48.4 Å². The Hall–Kier alpha value is -6.72. The molecule has 4 heterocycles. The maximum atomic E-state index is 14.0. The minimum atomic E-state index is -0.289. The van der Waals surface area contributed by atoms with Crippen LogP contribution in [0.15, 0.2) is 161 Å². The van der Waals surface area contributed by atoms with E-state index >= 15 is 0 Å². The van der Waals surface area contributed by atoms with E-state index in [4.69, 9.17) is 0 Å². The number of hydrogen-bond acceptors (Lipinski definition) is 2. The van der Waals surface area contributed by atoms with Gasteiger partial charge in [-0.15, -0.1) is 0 Å². The number of fused-ring (bicyclic) bond motifs is 11. The molecule has 11 aromatic rings. The lowest BCUT2D eigenvalue weighted by Gasteiger charge is -2.17. The zero-order chi connectivity index (χ0) is 32.4. The molecule has 0 N–H and O–H groups in total. The van der Waals surface area contributed by atoms with Crippen LogP contribution >= 0.6 is 0 Å². The van der Waals surface area contributed by atoms with Gasteiger partial charge in [0.15, 0.2) is 0 Å². The van der Waals surface area contributed by atoms with Gasteiger partial charge in [-0.2, -0.15) is 0 Å². The van der Waals surface area contributed by atoms with Crippen LogP contribution in [0.25, 0.3) is 92.8 Å². The van der Waals surface area contributed by atoms with Gasteiger partial charge in [0, 0.05) is 54.5 Å². The van der Waals surface area contributed by atoms with E-state index < -0.39 is 0 Å². The molecule has 0 aliphatic rings. The predicted octanol–water partition coefficient (Wildman–Crippen LogP) is 9.75. The van der Waals surface area contributed by atoms with Crippen molar-refractivity contribution in [1.82, 2.24) is 13.5 Å². The van der Waals surface area contributed by atoms with Crippen LogP contribution in [0.2, 0.25) is 0 Å². The molecule has 0 radical (unpaired) electrons. The zero-order valence-electron chi connectivity index (χ0n) is 26.1. The predicted molar refractivity (Wildman–Crippen MR) is 202 cm³/mol. The number of aromatic nitrogens is 3. The molecule has 0 fully saturated rings. The molecule has 0 aliphatic heterocycles. The molecule has 0 unspecified atom stereocenters. The van der Waals surface area contributed by atoms with Crippen LogP contribution in [-0.2, 0) is 0 Å². The summed E-state index contributed by atoms with van der Waals surface area (Å²) in [6.45, 7) is 0. The van der Waals surface area contributed by atoms with Crippen molar-refractivity contribution in [2.75, 3.05) is 0 Å². The number of hydrogen-bond donors (Lipinski definition) is 0. The number of rotatable bonds is 2. The normalized spacial score (nSPS) is 12.2. The van der Waals surface area contributed by atoms with Gasteiger partial charge < -0.3 is 9.13 Å². The fourth-order valence-corrected chi connectivity index (χ4v) is 8.36. The monoisotopic (exact) mass is 627 g/mol. The van der Waals surface area contributed by atoms with Gasteiger partial charge in [0.25, 0.3) is 11.1 Å². The average Bonchev–Trinajstić information content (AvgIpc) is 3.68. The third kappa shape index (κ3) is 3.33. The molecule has 0 saturated heterocycles. The smallest absolute Gasteiger partial charge is 0.266 e. The summed E-state index contributed by atoms with van der Waals surface area (Å²) in [5.74, 6) is 0. The number of para-hydroxylation sites is 3. The van der Waals surface area contributed by atoms with Crippen molar-refractivity contribution in [1.29, 1.82) is 0 Å². The number of nitrogens with zero attached hydrogens (tertiary/aromatic N) is 3. The first-order valence-electron chi connectivity index (χ1n) is 16.5. The quantitative estimate of drug-likeness (QED) is 0.142. The van der Waals surface area contributed by atoms with E-state index in [9.17, 15) is 9.59 Å². The maximum absolute atomic E-state index is 14.0. The summed E-state index contributed by atoms with van der Waals surface area (Å²) >= 11 is 0. The van der Waals surface area contributed by atoms with Crippen molar-refractivity contribution in [2.24, 2.45) is 0 Å². The fourth-order valence-electron chi connectivity index (χ4n) is 8.36. The van der Waals surface area contributed by atoms with E-state index in [2.05, 4.69) is 112 Å². The molecular formula is C44H25N3O2. The zero-order valence-corrected chi connectivity index (χ0v) is 26.1. The number of pyridine rings is 2. The standard InChI is InChI=1S/C44H25N3O2/c48-43-34-18-6-4-14-28(34)36-24-27(25-37-29-15-5-7-19-35(29)44(49)47(43)40(36)37)46-39-21-11-9-17-31(39)33-23-22-32-30-16-8-10-20-38(30)45(41(32)42(33)46)26-12-2-1-3-13-26/h1-25H. The first kappa shape index (κ1) is 26.4. The van der Waals surface area contributed by atoms with Crippen LogP contribution in [0.4, 0.5) is 0 Å². The van der Waals surface area contributed by atoms with Crippen LogP contribution in [0.3, 0.4) is 0 Å². The first-order chi connectivity index (χ1) is 24.2. The van der Waals surface area contributed by atoms with Crippen LogP contribution in [-0.4, -0.2) is 13.5 Å². The van der Waals surface area contributed by atoms with Crippen LogP contribution in [0.1, 0.15) is 0 Å². The van der Waals surface area contributed by atoms with Crippen LogP contribution in [0, 0.1) is 0 Å². The molecule has 7 aromatic carbocycles. The summed E-state index contributed by atoms with van der Waals surface area (Å²) in [5.41, 5.74) is 6.58. The summed E-state index contributed by atoms with van der Waals surface area (Å²) in [6.07, 6.45) is 0. The SMILES string of the molecule is O=c1c2ccccc2c2cc(-n3c4ccccc4c4ccc5c6ccccc6n(-c6ccccc6)c5c43)cc3c4ccccc4c(=O)n1c23. The average molecular weight is 628 g/mol. The Morgan fingerprint density at radius 1 is 0.306 bits per heavy atom. The van der Waals surface area contributed by atoms with Gasteiger partial charge in [0.05, 0.1) is 27.6 Å². The lowest BCUT2D eigenvalue weighted by atomic mass is 9.98. The highest BCUT2D eigenvalue weighted by Crippen LogP contribution is 2.43. The molecule has 11 rings (SSSR count). The summed E-state index contributed by atoms with van der Waals surface area (Å²) < 4.78 is 6.15. The van der Waals surface area contributed by atoms with Gasteiger partial charge in [-0.3, -0.25) is 9.59 Å². The highest BCUT2D eigenvalue weighted by Gasteiger charge is 2.23. The molecule has 5 heteroatoms. The largest absolute Gasteiger partial charge is 0.307 e. The molecule has 5 nitrogen and oxygen atoms in total. The van der Waals surface area contributed by atoms with Crippen LogP contribution < -0.4 is 11.1 Å². The Bertz CT molecular complexity index is 3210. The Balaban J connectivity index is 1.42. The Kier molecular flexibility index (Phi) is 5.07. The summed E-state index contributed by atoms with van der Waals surface area (Å²) in [7, 11) is 0. The Morgan fingerprint density at radius 2 is 0.714 bits per heavy atom. The van der Waals surface area contributed by atoms with Gasteiger partial charge in [-0.05, 0) is 59.3 Å². The second kappa shape index (κ2) is 9.43. The highest BCUT2D eigenvalue weighted by atomic mass is 16.2. The second-order valence-electron chi connectivity index (χ2n) is 12.8. The van der Waals surface area contributed by atoms with Gasteiger partial charge >= 0.3 is 0 Å². The summed E-state index contributed by atoms with van der Waals surface area (Å²) in [6, 6.07) is 51.8. The molecule has 0 bridgehead atoms. The van der Waals surface area contributed by atoms with E-state index in [-0.39, 0.29) is 11.1 Å². The molecule has 0 atom stereocenters. The van der Waals surface area contributed by atoms with E-state index in [0.29, 0.717) is 16.3 Å². The van der Waals surface area contributed by atoms with Gasteiger partial charge in [0.1, 0.15) is 0 Å². The third-order valence-electron chi connectivity index (χ3n) is 10.4. The molecule has 4 aromatic heterocycles. The van der Waals surface area contributed by atoms with E-state index in [1.54, 1.807) is 0 Å². The van der Waals surface area contributed by atoms with Crippen LogP contribution in [0.5, 0.6) is 0 Å². The van der Waals surface area contributed by atoms with Gasteiger partial charge in [-0.25, -0.2) is 4.40 Å². The van der Waals surface area contributed by atoms with E-state index in [1.165, 1.54) is 15.2 Å².